The van der Waals surface area contributed by atoms with Crippen LogP contribution in [0.1, 0.15) is 96.8 Å². The average molecular weight is 405 g/mol. The monoisotopic (exact) mass is 404 g/mol. The third-order valence-corrected chi connectivity index (χ3v) is 4.51. The first-order valence-corrected chi connectivity index (χ1v) is 11.1. The third-order valence-electron chi connectivity index (χ3n) is 4.05. The van der Waals surface area contributed by atoms with E-state index in [0.717, 1.165) is 19.6 Å². The first-order chi connectivity index (χ1) is 11.6. The van der Waals surface area contributed by atoms with Gasteiger partial charge in [-0.3, -0.25) is 4.18 Å². The molecule has 1 heterocycles. The summed E-state index contributed by atoms with van der Waals surface area (Å²) in [5.41, 5.74) is 0. The quantitative estimate of drug-likeness (QED) is 0.310. The van der Waals surface area contributed by atoms with E-state index < -0.39 is 10.4 Å². The molecule has 0 radical (unpaired) electrons. The molecule has 1 fully saturated rings. The number of hydrogen-bond acceptors (Lipinski definition) is 5. The summed E-state index contributed by atoms with van der Waals surface area (Å²) in [5, 5.41) is 0. The minimum atomic E-state index is -4.45. The maximum absolute atomic E-state index is 9.73. The third kappa shape index (κ3) is 27.8. The van der Waals surface area contributed by atoms with Gasteiger partial charge in [0.25, 0.3) is 0 Å². The summed E-state index contributed by atoms with van der Waals surface area (Å²) in [4.78, 5) is 0. The molecule has 5 nitrogen and oxygen atoms in total. The zero-order chi connectivity index (χ0) is 17.9. The van der Waals surface area contributed by atoms with E-state index in [9.17, 15) is 13.0 Å². The fourth-order valence-electron chi connectivity index (χ4n) is 2.58. The SMILES string of the molecule is C1CCCCCCCOCCCCCC1.CCCCOS(=O)(=O)[O-].[K+]. The summed E-state index contributed by atoms with van der Waals surface area (Å²) in [7, 11) is -4.45. The molecule has 0 aromatic rings. The predicted molar refractivity (Wildman–Crippen MR) is 96.8 cm³/mol. The van der Waals surface area contributed by atoms with Gasteiger partial charge in [-0.05, 0) is 19.3 Å². The Hall–Kier alpha value is 1.47. The van der Waals surface area contributed by atoms with Crippen LogP contribution in [-0.4, -0.2) is 32.8 Å². The predicted octanol–water partition coefficient (Wildman–Crippen LogP) is 1.97. The van der Waals surface area contributed by atoms with E-state index in [1.807, 2.05) is 6.92 Å². The molecule has 0 spiro atoms. The minimum absolute atomic E-state index is 0. The van der Waals surface area contributed by atoms with Crippen molar-refractivity contribution in [2.75, 3.05) is 19.8 Å². The number of ether oxygens (including phenoxy) is 1. The maximum atomic E-state index is 9.73. The molecule has 0 aromatic carbocycles. The molecule has 0 aromatic heterocycles. The summed E-state index contributed by atoms with van der Waals surface area (Å²) >= 11 is 0. The van der Waals surface area contributed by atoms with Gasteiger partial charge in [-0.15, -0.1) is 0 Å². The normalized spacial score (nSPS) is 18.6. The first kappa shape index (κ1) is 28.7. The van der Waals surface area contributed by atoms with Gasteiger partial charge in [-0.25, -0.2) is 8.42 Å². The molecule has 7 heteroatoms. The van der Waals surface area contributed by atoms with Gasteiger partial charge < -0.3 is 9.29 Å². The molecule has 0 atom stereocenters. The van der Waals surface area contributed by atoms with Crippen LogP contribution < -0.4 is 51.4 Å². The molecule has 1 aliphatic heterocycles. The molecule has 25 heavy (non-hydrogen) atoms. The van der Waals surface area contributed by atoms with Gasteiger partial charge in [0, 0.05) is 13.2 Å². The first-order valence-electron chi connectivity index (χ1n) is 9.74. The van der Waals surface area contributed by atoms with Crippen molar-refractivity contribution in [2.45, 2.75) is 96.8 Å². The molecule has 1 rings (SSSR count). The Morgan fingerprint density at radius 1 is 0.800 bits per heavy atom. The second kappa shape index (κ2) is 21.8. The summed E-state index contributed by atoms with van der Waals surface area (Å²) in [6.07, 6.45) is 18.3. The van der Waals surface area contributed by atoms with Gasteiger partial charge in [0.15, 0.2) is 0 Å². The molecule has 1 saturated heterocycles. The molecule has 0 bridgehead atoms. The summed E-state index contributed by atoms with van der Waals surface area (Å²) in [6.45, 7) is 3.88. The van der Waals surface area contributed by atoms with Gasteiger partial charge >= 0.3 is 51.4 Å². The van der Waals surface area contributed by atoms with Crippen molar-refractivity contribution in [3.63, 3.8) is 0 Å². The fraction of sp³-hybridized carbons (Fsp3) is 1.00. The van der Waals surface area contributed by atoms with E-state index >= 15 is 0 Å². The van der Waals surface area contributed by atoms with E-state index in [0.29, 0.717) is 6.42 Å². The van der Waals surface area contributed by atoms with Crippen molar-refractivity contribution in [1.82, 2.24) is 0 Å². The van der Waals surface area contributed by atoms with Crippen molar-refractivity contribution in [3.05, 3.63) is 0 Å². The molecule has 0 N–H and O–H groups in total. The summed E-state index contributed by atoms with van der Waals surface area (Å²) in [6, 6.07) is 0. The van der Waals surface area contributed by atoms with Crippen molar-refractivity contribution in [1.29, 1.82) is 0 Å². The van der Waals surface area contributed by atoms with Gasteiger partial charge in [0.1, 0.15) is 0 Å². The van der Waals surface area contributed by atoms with Crippen molar-refractivity contribution >= 4 is 10.4 Å². The molecular formula is C18H37KO5S. The van der Waals surface area contributed by atoms with E-state index in [4.69, 9.17) is 4.74 Å². The molecule has 0 aliphatic carbocycles. The maximum Gasteiger partial charge on any atom is 1.00 e. The second-order valence-corrected chi connectivity index (χ2v) is 7.49. The zero-order valence-corrected chi connectivity index (χ0v) is 20.4. The summed E-state index contributed by atoms with van der Waals surface area (Å²) < 4.78 is 38.7. The minimum Gasteiger partial charge on any atom is -0.726 e. The standard InChI is InChI=1S/C14H28O.C4H10O4S.K/c1-2-4-6-8-10-12-14-15-13-11-9-7-5-3-1;1-2-3-4-8-9(5,6)7;/h1-14H2;2-4H2,1H3,(H,5,6,7);/q;;+1/p-1. The largest absolute Gasteiger partial charge is 1.00 e. The van der Waals surface area contributed by atoms with E-state index in [2.05, 4.69) is 4.18 Å². The van der Waals surface area contributed by atoms with Crippen LogP contribution in [0.25, 0.3) is 0 Å². The van der Waals surface area contributed by atoms with Crippen LogP contribution in [0.5, 0.6) is 0 Å². The Balaban J connectivity index is 0. The van der Waals surface area contributed by atoms with Gasteiger partial charge in [0.2, 0.25) is 10.4 Å². The number of rotatable bonds is 4. The molecule has 1 aliphatic rings. The molecule has 0 amide bonds. The molecule has 0 saturated carbocycles. The Morgan fingerprint density at radius 3 is 1.48 bits per heavy atom. The van der Waals surface area contributed by atoms with Crippen LogP contribution >= 0.6 is 0 Å². The van der Waals surface area contributed by atoms with Crippen LogP contribution in [0.4, 0.5) is 0 Å². The fourth-order valence-corrected chi connectivity index (χ4v) is 2.91. The Morgan fingerprint density at radius 2 is 1.16 bits per heavy atom. The van der Waals surface area contributed by atoms with Gasteiger partial charge in [-0.2, -0.15) is 0 Å². The zero-order valence-electron chi connectivity index (χ0n) is 16.5. The Bertz CT molecular complexity index is 291. The van der Waals surface area contributed by atoms with Crippen molar-refractivity contribution in [2.24, 2.45) is 0 Å². The van der Waals surface area contributed by atoms with Crippen LogP contribution in [0.15, 0.2) is 0 Å². The molecule has 0 unspecified atom stereocenters. The van der Waals surface area contributed by atoms with Crippen LogP contribution in [0.3, 0.4) is 0 Å². The van der Waals surface area contributed by atoms with E-state index in [1.165, 1.54) is 77.0 Å². The smallest absolute Gasteiger partial charge is 0.726 e. The number of hydrogen-bond donors (Lipinski definition) is 0. The van der Waals surface area contributed by atoms with Crippen LogP contribution in [0.2, 0.25) is 0 Å². The van der Waals surface area contributed by atoms with Gasteiger partial charge in [-0.1, -0.05) is 77.6 Å². The molecular weight excluding hydrogens is 367 g/mol. The summed E-state index contributed by atoms with van der Waals surface area (Å²) in [5.74, 6) is 0. The van der Waals surface area contributed by atoms with Crippen molar-refractivity contribution < 1.29 is 73.3 Å². The van der Waals surface area contributed by atoms with E-state index in [-0.39, 0.29) is 58.0 Å². The number of unbranched alkanes of at least 4 members (excludes halogenated alkanes) is 1. The Kier molecular flexibility index (Phi) is 25.0. The van der Waals surface area contributed by atoms with E-state index in [1.54, 1.807) is 0 Å². The Labute approximate surface area is 198 Å². The topological polar surface area (TPSA) is 75.7 Å². The second-order valence-electron chi connectivity index (χ2n) is 6.44. The van der Waals surface area contributed by atoms with Crippen LogP contribution in [-0.2, 0) is 19.3 Å². The average Bonchev–Trinajstić information content (AvgIpc) is 2.53. The van der Waals surface area contributed by atoms with Crippen molar-refractivity contribution in [3.8, 4) is 0 Å². The van der Waals surface area contributed by atoms with Gasteiger partial charge in [0.05, 0.1) is 6.61 Å². The van der Waals surface area contributed by atoms with Crippen LogP contribution in [0, 0.1) is 0 Å². The molecule has 146 valence electrons.